The molecule has 3 rings (SSSR count). The Hall–Kier alpha value is -1.34. The zero-order valence-electron chi connectivity index (χ0n) is 14.6. The van der Waals surface area contributed by atoms with Gasteiger partial charge >= 0.3 is 5.97 Å². The highest BCUT2D eigenvalue weighted by molar-refractivity contribution is 7.80. The van der Waals surface area contributed by atoms with Crippen molar-refractivity contribution in [3.05, 3.63) is 45.1 Å². The van der Waals surface area contributed by atoms with Crippen LogP contribution in [0.1, 0.15) is 31.4 Å². The Balaban J connectivity index is 1.98. The van der Waals surface area contributed by atoms with Crippen molar-refractivity contribution in [3.8, 4) is 0 Å². The molecule has 0 spiro atoms. The first-order valence-corrected chi connectivity index (χ1v) is 9.52. The number of carbonyl (C=O) groups is 1. The van der Waals surface area contributed by atoms with E-state index in [9.17, 15) is 4.79 Å². The predicted molar refractivity (Wildman–Crippen MR) is 105 cm³/mol. The van der Waals surface area contributed by atoms with Crippen molar-refractivity contribution in [2.45, 2.75) is 31.8 Å². The van der Waals surface area contributed by atoms with Crippen molar-refractivity contribution in [1.29, 1.82) is 0 Å². The molecule has 140 valence electrons. The largest absolute Gasteiger partial charge is 0.460 e. The summed E-state index contributed by atoms with van der Waals surface area (Å²) in [6, 6.07) is 5.18. The van der Waals surface area contributed by atoms with E-state index in [0.717, 1.165) is 24.1 Å². The number of halogens is 2. The number of thiocarbonyl (C=S) groups is 1. The van der Waals surface area contributed by atoms with Gasteiger partial charge in [0.15, 0.2) is 5.11 Å². The highest BCUT2D eigenvalue weighted by Crippen LogP contribution is 2.39. The fraction of sp³-hybridized carbons (Fsp3) is 0.444. The molecule has 1 aromatic rings. The highest BCUT2D eigenvalue weighted by atomic mass is 35.5. The second-order valence-electron chi connectivity index (χ2n) is 6.29. The second-order valence-corrected chi connectivity index (χ2v) is 7.49. The van der Waals surface area contributed by atoms with Crippen LogP contribution >= 0.6 is 35.4 Å². The Kier molecular flexibility index (Phi) is 6.07. The van der Waals surface area contributed by atoms with Crippen molar-refractivity contribution in [3.63, 3.8) is 0 Å². The molecule has 1 unspecified atom stereocenters. The summed E-state index contributed by atoms with van der Waals surface area (Å²) in [6.45, 7) is 2.44. The molecule has 2 aliphatic rings. The molecule has 1 N–H and O–H groups in total. The van der Waals surface area contributed by atoms with Crippen LogP contribution in [0.5, 0.6) is 0 Å². The number of nitrogens with zero attached hydrogens (tertiary/aromatic N) is 1. The van der Waals surface area contributed by atoms with Gasteiger partial charge in [-0.25, -0.2) is 4.79 Å². The quantitative estimate of drug-likeness (QED) is 0.433. The van der Waals surface area contributed by atoms with Gasteiger partial charge in [0, 0.05) is 18.8 Å². The number of hydrogen-bond acceptors (Lipinski definition) is 4. The van der Waals surface area contributed by atoms with Crippen LogP contribution in [0.4, 0.5) is 0 Å². The molecule has 5 nitrogen and oxygen atoms in total. The number of methoxy groups -OCH3 is 1. The van der Waals surface area contributed by atoms with Gasteiger partial charge in [-0.2, -0.15) is 0 Å². The third-order valence-electron chi connectivity index (χ3n) is 4.46. The van der Waals surface area contributed by atoms with E-state index in [1.165, 1.54) is 0 Å². The number of nitrogens with one attached hydrogen (secondary N) is 1. The van der Waals surface area contributed by atoms with Crippen molar-refractivity contribution >= 4 is 46.5 Å². The fourth-order valence-corrected chi connectivity index (χ4v) is 3.74. The van der Waals surface area contributed by atoms with E-state index in [-0.39, 0.29) is 6.61 Å². The van der Waals surface area contributed by atoms with Crippen LogP contribution in [-0.2, 0) is 14.3 Å². The number of esters is 1. The molecule has 1 aliphatic carbocycles. The van der Waals surface area contributed by atoms with Crippen LogP contribution < -0.4 is 5.32 Å². The first kappa shape index (κ1) is 19.4. The van der Waals surface area contributed by atoms with Crippen LogP contribution in [0.15, 0.2) is 29.5 Å². The maximum absolute atomic E-state index is 12.8. The molecule has 1 atom stereocenters. The monoisotopic (exact) mass is 414 g/mol. The highest BCUT2D eigenvalue weighted by Gasteiger charge is 2.40. The smallest absolute Gasteiger partial charge is 0.338 e. The number of allylic oxidation sites excluding steroid dienone is 1. The minimum Gasteiger partial charge on any atom is -0.460 e. The summed E-state index contributed by atoms with van der Waals surface area (Å²) in [6.07, 6.45) is 2.12. The van der Waals surface area contributed by atoms with Crippen LogP contribution in [0.25, 0.3) is 0 Å². The molecule has 0 aromatic heterocycles. The second kappa shape index (κ2) is 8.13. The summed E-state index contributed by atoms with van der Waals surface area (Å²) >= 11 is 17.8. The fourth-order valence-electron chi connectivity index (χ4n) is 3.03. The van der Waals surface area contributed by atoms with Gasteiger partial charge in [0.2, 0.25) is 0 Å². The topological polar surface area (TPSA) is 50.8 Å². The number of ether oxygens (including phenoxy) is 2. The molecule has 0 bridgehead atoms. The van der Waals surface area contributed by atoms with Crippen molar-refractivity contribution in [2.24, 2.45) is 0 Å². The molecule has 1 aromatic carbocycles. The molecule has 0 radical (unpaired) electrons. The number of benzene rings is 1. The third-order valence-corrected chi connectivity index (χ3v) is 5.51. The summed E-state index contributed by atoms with van der Waals surface area (Å²) in [5.74, 6) is -0.392. The van der Waals surface area contributed by atoms with Crippen LogP contribution in [0, 0.1) is 0 Å². The Morgan fingerprint density at radius 3 is 2.65 bits per heavy atom. The zero-order valence-corrected chi connectivity index (χ0v) is 16.9. The minimum atomic E-state index is -0.442. The maximum atomic E-state index is 12.8. The lowest BCUT2D eigenvalue weighted by atomic mass is 9.95. The van der Waals surface area contributed by atoms with Gasteiger partial charge in [-0.05, 0) is 49.7 Å². The Labute approximate surface area is 168 Å². The van der Waals surface area contributed by atoms with Gasteiger partial charge in [-0.1, -0.05) is 29.3 Å². The van der Waals surface area contributed by atoms with Crippen LogP contribution in [0.2, 0.25) is 10.0 Å². The lowest BCUT2D eigenvalue weighted by Gasteiger charge is -2.37. The van der Waals surface area contributed by atoms with Gasteiger partial charge < -0.3 is 19.7 Å². The van der Waals surface area contributed by atoms with E-state index in [1.807, 2.05) is 17.9 Å². The SMILES string of the molecule is COCCOC(=O)C1=C(C)N(C2CC2)C(=S)NC1c1ccc(Cl)c(Cl)c1. The van der Waals surface area contributed by atoms with Gasteiger partial charge in [0.05, 0.1) is 28.3 Å². The normalized spacial score (nSPS) is 20.2. The molecule has 1 fully saturated rings. The third kappa shape index (κ3) is 3.98. The van der Waals surface area contributed by atoms with Gasteiger partial charge in [0.25, 0.3) is 0 Å². The number of hydrogen-bond donors (Lipinski definition) is 1. The van der Waals surface area contributed by atoms with E-state index >= 15 is 0 Å². The van der Waals surface area contributed by atoms with Crippen LogP contribution in [0.3, 0.4) is 0 Å². The molecule has 8 heteroatoms. The molecule has 0 saturated heterocycles. The molecule has 0 amide bonds. The summed E-state index contributed by atoms with van der Waals surface area (Å²) in [4.78, 5) is 14.8. The van der Waals surface area contributed by atoms with Gasteiger partial charge in [-0.3, -0.25) is 0 Å². The lowest BCUT2D eigenvalue weighted by molar-refractivity contribution is -0.140. The van der Waals surface area contributed by atoms with Crippen LogP contribution in [-0.4, -0.2) is 42.3 Å². The van der Waals surface area contributed by atoms with Crippen molar-refractivity contribution < 1.29 is 14.3 Å². The molecule has 26 heavy (non-hydrogen) atoms. The zero-order chi connectivity index (χ0) is 18.8. The van der Waals surface area contributed by atoms with E-state index in [2.05, 4.69) is 5.32 Å². The molecule has 1 aliphatic heterocycles. The van der Waals surface area contributed by atoms with Gasteiger partial charge in [-0.15, -0.1) is 0 Å². The minimum absolute atomic E-state index is 0.189. The van der Waals surface area contributed by atoms with E-state index in [1.54, 1.807) is 19.2 Å². The Morgan fingerprint density at radius 1 is 1.31 bits per heavy atom. The van der Waals surface area contributed by atoms with Crippen molar-refractivity contribution in [1.82, 2.24) is 10.2 Å². The average Bonchev–Trinajstić information content (AvgIpc) is 3.42. The summed E-state index contributed by atoms with van der Waals surface area (Å²) < 4.78 is 10.4. The van der Waals surface area contributed by atoms with Crippen molar-refractivity contribution in [2.75, 3.05) is 20.3 Å². The van der Waals surface area contributed by atoms with E-state index in [4.69, 9.17) is 44.9 Å². The Bertz CT molecular complexity index is 765. The van der Waals surface area contributed by atoms with E-state index in [0.29, 0.717) is 33.4 Å². The predicted octanol–water partition coefficient (Wildman–Crippen LogP) is 3.85. The van der Waals surface area contributed by atoms with E-state index < -0.39 is 12.0 Å². The Morgan fingerprint density at radius 2 is 2.04 bits per heavy atom. The van der Waals surface area contributed by atoms with Gasteiger partial charge in [0.1, 0.15) is 6.61 Å². The average molecular weight is 415 g/mol. The summed E-state index contributed by atoms with van der Waals surface area (Å²) in [5.41, 5.74) is 2.14. The standard InChI is InChI=1S/C18H20Cl2N2O3S/c1-10-15(17(23)25-8-7-24-2)16(11-3-6-13(19)14(20)9-11)21-18(26)22(10)12-4-5-12/h3,6,9,12,16H,4-5,7-8H2,1-2H3,(H,21,26). The molecular formula is C18H20Cl2N2O3S. The lowest BCUT2D eigenvalue weighted by Crippen LogP contribution is -2.48. The number of rotatable bonds is 6. The molecule has 1 saturated carbocycles. The summed E-state index contributed by atoms with van der Waals surface area (Å²) in [7, 11) is 1.56. The first-order chi connectivity index (χ1) is 12.4. The number of carbonyl (C=O) groups excluding carboxylic acids is 1. The maximum Gasteiger partial charge on any atom is 0.338 e. The summed E-state index contributed by atoms with van der Waals surface area (Å²) in [5, 5.41) is 4.75. The first-order valence-electron chi connectivity index (χ1n) is 8.35. The molecule has 1 heterocycles. The molecular weight excluding hydrogens is 395 g/mol.